The Hall–Kier alpha value is -1.53. The highest BCUT2D eigenvalue weighted by atomic mass is 19.4. The third-order valence-corrected chi connectivity index (χ3v) is 1.43. The Balaban J connectivity index is 4.20. The topological polar surface area (TPSA) is 55.4 Å². The number of hydrogen-bond acceptors (Lipinski definition) is 3. The van der Waals surface area contributed by atoms with Gasteiger partial charge in [0.25, 0.3) is 0 Å². The monoisotopic (exact) mass is 225 g/mol. The zero-order chi connectivity index (χ0) is 12.1. The highest BCUT2D eigenvalue weighted by Gasteiger charge is 2.30. The van der Waals surface area contributed by atoms with Crippen LogP contribution < -0.4 is 5.32 Å². The standard InChI is InChI=1S/C8H10F3NO3/c1-5(8(9,10)11)3-6(13)12-4-7(14)15-2/h3H,4H2,1-2H3,(H,12,13)/b5-3+. The van der Waals surface area contributed by atoms with Crippen LogP contribution in [0.2, 0.25) is 0 Å². The lowest BCUT2D eigenvalue weighted by Gasteiger charge is -2.06. The van der Waals surface area contributed by atoms with Gasteiger partial charge in [-0.3, -0.25) is 9.59 Å². The van der Waals surface area contributed by atoms with Gasteiger partial charge < -0.3 is 10.1 Å². The summed E-state index contributed by atoms with van der Waals surface area (Å²) in [7, 11) is 1.10. The van der Waals surface area contributed by atoms with Crippen LogP contribution in [0.5, 0.6) is 0 Å². The van der Waals surface area contributed by atoms with Crippen molar-refractivity contribution in [3.8, 4) is 0 Å². The molecule has 1 N–H and O–H groups in total. The first-order valence-electron chi connectivity index (χ1n) is 3.87. The second kappa shape index (κ2) is 5.38. The molecule has 0 fully saturated rings. The number of halogens is 3. The first-order valence-corrected chi connectivity index (χ1v) is 3.87. The van der Waals surface area contributed by atoms with Crippen LogP contribution in [0.1, 0.15) is 6.92 Å². The largest absolute Gasteiger partial charge is 0.468 e. The van der Waals surface area contributed by atoms with Gasteiger partial charge in [-0.15, -0.1) is 0 Å². The normalized spacial score (nSPS) is 12.2. The van der Waals surface area contributed by atoms with Crippen LogP contribution in [0.15, 0.2) is 11.6 Å². The Morgan fingerprint density at radius 2 is 1.93 bits per heavy atom. The molecule has 7 heteroatoms. The molecular formula is C8H10F3NO3. The number of nitrogens with one attached hydrogen (secondary N) is 1. The van der Waals surface area contributed by atoms with E-state index in [4.69, 9.17) is 0 Å². The molecule has 0 aliphatic heterocycles. The van der Waals surface area contributed by atoms with E-state index in [1.807, 2.05) is 5.32 Å². The lowest BCUT2D eigenvalue weighted by molar-refractivity contribution is -0.140. The molecule has 0 aliphatic carbocycles. The van der Waals surface area contributed by atoms with E-state index in [1.54, 1.807) is 0 Å². The molecule has 0 spiro atoms. The van der Waals surface area contributed by atoms with E-state index in [9.17, 15) is 22.8 Å². The molecule has 0 aromatic rings. The maximum absolute atomic E-state index is 11.9. The predicted octanol–water partition coefficient (Wildman–Crippen LogP) is 0.784. The van der Waals surface area contributed by atoms with E-state index in [-0.39, 0.29) is 0 Å². The minimum atomic E-state index is -4.54. The van der Waals surface area contributed by atoms with Gasteiger partial charge in [0.05, 0.1) is 7.11 Å². The number of allylic oxidation sites excluding steroid dienone is 1. The third kappa shape index (κ3) is 5.71. The van der Waals surface area contributed by atoms with Crippen molar-refractivity contribution in [2.75, 3.05) is 13.7 Å². The van der Waals surface area contributed by atoms with Gasteiger partial charge >= 0.3 is 12.1 Å². The quantitative estimate of drug-likeness (QED) is 0.570. The summed E-state index contributed by atoms with van der Waals surface area (Å²) in [6.45, 7) is 0.300. The Bertz CT molecular complexity index is 283. The first-order chi connectivity index (χ1) is 6.77. The second-order valence-electron chi connectivity index (χ2n) is 2.62. The van der Waals surface area contributed by atoms with Gasteiger partial charge in [0, 0.05) is 11.6 Å². The number of carbonyl (C=O) groups excluding carboxylic acids is 2. The van der Waals surface area contributed by atoms with Gasteiger partial charge in [0.1, 0.15) is 6.54 Å². The lowest BCUT2D eigenvalue weighted by atomic mass is 10.2. The number of rotatable bonds is 3. The summed E-state index contributed by atoms with van der Waals surface area (Å²) >= 11 is 0. The number of amides is 1. The van der Waals surface area contributed by atoms with Crippen molar-refractivity contribution in [2.24, 2.45) is 0 Å². The minimum Gasteiger partial charge on any atom is -0.468 e. The number of ether oxygens (including phenoxy) is 1. The second-order valence-corrected chi connectivity index (χ2v) is 2.62. The van der Waals surface area contributed by atoms with Crippen LogP contribution in [-0.4, -0.2) is 31.7 Å². The zero-order valence-corrected chi connectivity index (χ0v) is 8.14. The molecule has 0 radical (unpaired) electrons. The minimum absolute atomic E-state index is 0.378. The van der Waals surface area contributed by atoms with Crippen molar-refractivity contribution in [3.05, 3.63) is 11.6 Å². The highest BCUT2D eigenvalue weighted by molar-refractivity contribution is 5.90. The van der Waals surface area contributed by atoms with E-state index >= 15 is 0 Å². The number of esters is 1. The van der Waals surface area contributed by atoms with Crippen molar-refractivity contribution in [2.45, 2.75) is 13.1 Å². The van der Waals surface area contributed by atoms with E-state index < -0.39 is 30.2 Å². The van der Waals surface area contributed by atoms with Crippen molar-refractivity contribution in [3.63, 3.8) is 0 Å². The predicted molar refractivity (Wildman–Crippen MR) is 44.8 cm³/mol. The lowest BCUT2D eigenvalue weighted by Crippen LogP contribution is -2.29. The Labute approximate surface area is 84.1 Å². The molecule has 0 heterocycles. The summed E-state index contributed by atoms with van der Waals surface area (Å²) in [5, 5.41) is 1.95. The maximum Gasteiger partial charge on any atom is 0.412 e. The molecule has 0 bridgehead atoms. The zero-order valence-electron chi connectivity index (χ0n) is 8.14. The molecule has 0 unspecified atom stereocenters. The van der Waals surface area contributed by atoms with E-state index in [0.717, 1.165) is 14.0 Å². The van der Waals surface area contributed by atoms with E-state index in [1.165, 1.54) is 0 Å². The summed E-state index contributed by atoms with van der Waals surface area (Å²) in [6, 6.07) is 0. The molecule has 0 atom stereocenters. The molecule has 0 rings (SSSR count). The Morgan fingerprint density at radius 1 is 1.40 bits per heavy atom. The molecule has 86 valence electrons. The molecule has 15 heavy (non-hydrogen) atoms. The van der Waals surface area contributed by atoms with Gasteiger partial charge in [0.2, 0.25) is 5.91 Å². The molecule has 4 nitrogen and oxygen atoms in total. The molecule has 0 aromatic carbocycles. The van der Waals surface area contributed by atoms with Crippen LogP contribution >= 0.6 is 0 Å². The molecular weight excluding hydrogens is 215 g/mol. The van der Waals surface area contributed by atoms with Crippen LogP contribution in [-0.2, 0) is 14.3 Å². The number of methoxy groups -OCH3 is 1. The van der Waals surface area contributed by atoms with Gasteiger partial charge in [0.15, 0.2) is 0 Å². The summed E-state index contributed by atoms with van der Waals surface area (Å²) in [6.07, 6.45) is -4.16. The van der Waals surface area contributed by atoms with Crippen LogP contribution in [0, 0.1) is 0 Å². The Morgan fingerprint density at radius 3 is 2.33 bits per heavy atom. The smallest absolute Gasteiger partial charge is 0.412 e. The SMILES string of the molecule is COC(=O)CNC(=O)/C=C(\C)C(F)(F)F. The van der Waals surface area contributed by atoms with Gasteiger partial charge in [-0.1, -0.05) is 0 Å². The van der Waals surface area contributed by atoms with E-state index in [2.05, 4.69) is 4.74 Å². The number of alkyl halides is 3. The summed E-state index contributed by atoms with van der Waals surface area (Å²) in [5.74, 6) is -1.73. The van der Waals surface area contributed by atoms with Crippen molar-refractivity contribution >= 4 is 11.9 Å². The maximum atomic E-state index is 11.9. The van der Waals surface area contributed by atoms with E-state index in [0.29, 0.717) is 6.08 Å². The highest BCUT2D eigenvalue weighted by Crippen LogP contribution is 2.24. The average molecular weight is 225 g/mol. The number of hydrogen-bond donors (Lipinski definition) is 1. The van der Waals surface area contributed by atoms with Gasteiger partial charge in [-0.05, 0) is 6.92 Å². The first kappa shape index (κ1) is 13.5. The van der Waals surface area contributed by atoms with Crippen LogP contribution in [0.3, 0.4) is 0 Å². The molecule has 0 aromatic heterocycles. The summed E-state index contributed by atoms with van der Waals surface area (Å²) in [4.78, 5) is 21.3. The number of carbonyl (C=O) groups is 2. The fraction of sp³-hybridized carbons (Fsp3) is 0.500. The molecule has 0 aliphatic rings. The molecule has 0 saturated heterocycles. The van der Waals surface area contributed by atoms with Crippen LogP contribution in [0.25, 0.3) is 0 Å². The fourth-order valence-electron chi connectivity index (χ4n) is 0.561. The molecule has 1 amide bonds. The van der Waals surface area contributed by atoms with Gasteiger partial charge in [-0.2, -0.15) is 13.2 Å². The molecule has 0 saturated carbocycles. The third-order valence-electron chi connectivity index (χ3n) is 1.43. The van der Waals surface area contributed by atoms with Crippen molar-refractivity contribution in [1.29, 1.82) is 0 Å². The van der Waals surface area contributed by atoms with Crippen molar-refractivity contribution < 1.29 is 27.5 Å². The van der Waals surface area contributed by atoms with Crippen LogP contribution in [0.4, 0.5) is 13.2 Å². The summed E-state index contributed by atoms with van der Waals surface area (Å²) in [5.41, 5.74) is -1.04. The van der Waals surface area contributed by atoms with Gasteiger partial charge in [-0.25, -0.2) is 0 Å². The average Bonchev–Trinajstić information content (AvgIpc) is 2.12. The summed E-state index contributed by atoms with van der Waals surface area (Å²) < 4.78 is 40.0. The Kier molecular flexibility index (Phi) is 4.83. The fourth-order valence-corrected chi connectivity index (χ4v) is 0.561. The van der Waals surface area contributed by atoms with Crippen molar-refractivity contribution in [1.82, 2.24) is 5.32 Å².